The van der Waals surface area contributed by atoms with Crippen molar-refractivity contribution >= 4 is 0 Å². The van der Waals surface area contributed by atoms with Crippen LogP contribution < -0.4 is 5.32 Å². The highest BCUT2D eigenvalue weighted by molar-refractivity contribution is 4.87. The lowest BCUT2D eigenvalue weighted by molar-refractivity contribution is 0.241. The summed E-state index contributed by atoms with van der Waals surface area (Å²) in [5.41, 5.74) is 0.592. The molecule has 0 heterocycles. The van der Waals surface area contributed by atoms with Gasteiger partial charge in [-0.25, -0.2) is 0 Å². The van der Waals surface area contributed by atoms with Gasteiger partial charge in [-0.05, 0) is 24.8 Å². The van der Waals surface area contributed by atoms with Crippen LogP contribution in [0.2, 0.25) is 0 Å². The second kappa shape index (κ2) is 2.91. The van der Waals surface area contributed by atoms with E-state index in [0.717, 1.165) is 5.92 Å². The molecule has 1 rings (SSSR count). The summed E-state index contributed by atoms with van der Waals surface area (Å²) in [5, 5.41) is 3.28. The Kier molecular flexibility index (Phi) is 2.35. The average molecular weight is 141 g/mol. The van der Waals surface area contributed by atoms with Crippen LogP contribution in [0.15, 0.2) is 0 Å². The summed E-state index contributed by atoms with van der Waals surface area (Å²) in [5.74, 6) is 0.917. The maximum absolute atomic E-state index is 3.28. The van der Waals surface area contributed by atoms with Gasteiger partial charge in [0.15, 0.2) is 0 Å². The molecule has 1 heteroatoms. The van der Waals surface area contributed by atoms with Gasteiger partial charge in [-0.15, -0.1) is 0 Å². The van der Waals surface area contributed by atoms with Crippen molar-refractivity contribution < 1.29 is 0 Å². The third-order valence-electron chi connectivity index (χ3n) is 3.16. The lowest BCUT2D eigenvalue weighted by Crippen LogP contribution is -2.31. The second-order valence-electron chi connectivity index (χ2n) is 3.98. The van der Waals surface area contributed by atoms with Gasteiger partial charge >= 0.3 is 0 Å². The first-order valence-electron chi connectivity index (χ1n) is 4.33. The zero-order chi connectivity index (χ0) is 7.61. The van der Waals surface area contributed by atoms with Crippen LogP contribution in [0.3, 0.4) is 0 Å². The minimum Gasteiger partial charge on any atom is -0.319 e. The lowest BCUT2D eigenvalue weighted by atomic mass is 9.81. The van der Waals surface area contributed by atoms with Gasteiger partial charge in [0.05, 0.1) is 0 Å². The van der Waals surface area contributed by atoms with E-state index >= 15 is 0 Å². The Balaban J connectivity index is 2.48. The molecule has 10 heavy (non-hydrogen) atoms. The van der Waals surface area contributed by atoms with Gasteiger partial charge in [-0.3, -0.25) is 0 Å². The average Bonchev–Trinajstić information content (AvgIpc) is 2.15. The van der Waals surface area contributed by atoms with Crippen molar-refractivity contribution in [2.45, 2.75) is 33.1 Å². The maximum atomic E-state index is 3.28. The number of hydrogen-bond donors (Lipinski definition) is 1. The molecule has 0 aromatic heterocycles. The van der Waals surface area contributed by atoms with Gasteiger partial charge in [-0.2, -0.15) is 0 Å². The van der Waals surface area contributed by atoms with E-state index in [2.05, 4.69) is 26.2 Å². The van der Waals surface area contributed by atoms with Gasteiger partial charge in [0.25, 0.3) is 0 Å². The van der Waals surface area contributed by atoms with Crippen molar-refractivity contribution in [3.8, 4) is 0 Å². The zero-order valence-electron chi connectivity index (χ0n) is 7.41. The van der Waals surface area contributed by atoms with E-state index in [1.54, 1.807) is 0 Å². The first-order chi connectivity index (χ1) is 4.69. The SMILES string of the molecule is CNCC1(C)CCCC1C. The minimum atomic E-state index is 0.592. The molecule has 0 aromatic rings. The Morgan fingerprint density at radius 1 is 1.60 bits per heavy atom. The van der Waals surface area contributed by atoms with E-state index in [1.165, 1.54) is 25.8 Å². The molecule has 1 N–H and O–H groups in total. The van der Waals surface area contributed by atoms with Crippen molar-refractivity contribution in [2.24, 2.45) is 11.3 Å². The normalized spacial score (nSPS) is 40.5. The molecule has 1 nitrogen and oxygen atoms in total. The highest BCUT2D eigenvalue weighted by Gasteiger charge is 2.34. The predicted octanol–water partition coefficient (Wildman–Crippen LogP) is 2.03. The van der Waals surface area contributed by atoms with Gasteiger partial charge in [0, 0.05) is 6.54 Å². The van der Waals surface area contributed by atoms with E-state index in [-0.39, 0.29) is 0 Å². The fraction of sp³-hybridized carbons (Fsp3) is 1.00. The Morgan fingerprint density at radius 2 is 2.30 bits per heavy atom. The molecule has 0 aromatic carbocycles. The van der Waals surface area contributed by atoms with Crippen molar-refractivity contribution in [2.75, 3.05) is 13.6 Å². The van der Waals surface area contributed by atoms with E-state index in [1.807, 2.05) is 0 Å². The van der Waals surface area contributed by atoms with Crippen LogP contribution in [0.25, 0.3) is 0 Å². The molecular weight excluding hydrogens is 122 g/mol. The largest absolute Gasteiger partial charge is 0.319 e. The zero-order valence-corrected chi connectivity index (χ0v) is 7.41. The van der Waals surface area contributed by atoms with Crippen LogP contribution in [0.1, 0.15) is 33.1 Å². The third kappa shape index (κ3) is 1.34. The molecule has 1 fully saturated rings. The molecule has 0 saturated heterocycles. The highest BCUT2D eigenvalue weighted by Crippen LogP contribution is 2.41. The second-order valence-corrected chi connectivity index (χ2v) is 3.98. The fourth-order valence-corrected chi connectivity index (χ4v) is 2.07. The van der Waals surface area contributed by atoms with Crippen molar-refractivity contribution in [3.63, 3.8) is 0 Å². The Labute approximate surface area is 64.2 Å². The molecule has 0 spiro atoms. The van der Waals surface area contributed by atoms with Gasteiger partial charge in [0.2, 0.25) is 0 Å². The molecular formula is C9H19N. The topological polar surface area (TPSA) is 12.0 Å². The minimum absolute atomic E-state index is 0.592. The van der Waals surface area contributed by atoms with Crippen LogP contribution in [0, 0.1) is 11.3 Å². The first-order valence-corrected chi connectivity index (χ1v) is 4.33. The van der Waals surface area contributed by atoms with Gasteiger partial charge in [0.1, 0.15) is 0 Å². The molecule has 2 unspecified atom stereocenters. The first kappa shape index (κ1) is 8.06. The van der Waals surface area contributed by atoms with E-state index in [4.69, 9.17) is 0 Å². The van der Waals surface area contributed by atoms with E-state index in [0.29, 0.717) is 5.41 Å². The Morgan fingerprint density at radius 3 is 2.70 bits per heavy atom. The monoisotopic (exact) mass is 141 g/mol. The summed E-state index contributed by atoms with van der Waals surface area (Å²) in [6.07, 6.45) is 4.27. The van der Waals surface area contributed by atoms with Crippen molar-refractivity contribution in [1.29, 1.82) is 0 Å². The van der Waals surface area contributed by atoms with Crippen molar-refractivity contribution in [3.05, 3.63) is 0 Å². The molecule has 1 saturated carbocycles. The maximum Gasteiger partial charge on any atom is 0.000471 e. The summed E-state index contributed by atoms with van der Waals surface area (Å²) in [7, 11) is 2.05. The summed E-state index contributed by atoms with van der Waals surface area (Å²) in [6, 6.07) is 0. The molecule has 0 amide bonds. The third-order valence-corrected chi connectivity index (χ3v) is 3.16. The summed E-state index contributed by atoms with van der Waals surface area (Å²) in [4.78, 5) is 0. The number of nitrogens with one attached hydrogen (secondary N) is 1. The molecule has 60 valence electrons. The van der Waals surface area contributed by atoms with Crippen LogP contribution in [0.5, 0.6) is 0 Å². The molecule has 0 radical (unpaired) electrons. The standard InChI is InChI=1S/C9H19N/c1-8-5-4-6-9(8,2)7-10-3/h8,10H,4-7H2,1-3H3. The van der Waals surface area contributed by atoms with Crippen LogP contribution in [-0.2, 0) is 0 Å². The van der Waals surface area contributed by atoms with Crippen LogP contribution in [-0.4, -0.2) is 13.6 Å². The molecule has 2 atom stereocenters. The summed E-state index contributed by atoms with van der Waals surface area (Å²) in [6.45, 7) is 5.97. The molecule has 1 aliphatic rings. The van der Waals surface area contributed by atoms with Gasteiger partial charge in [-0.1, -0.05) is 26.7 Å². The Bertz CT molecular complexity index is 111. The highest BCUT2D eigenvalue weighted by atomic mass is 14.8. The predicted molar refractivity (Wildman–Crippen MR) is 45.0 cm³/mol. The number of hydrogen-bond acceptors (Lipinski definition) is 1. The molecule has 0 bridgehead atoms. The van der Waals surface area contributed by atoms with Crippen LogP contribution >= 0.6 is 0 Å². The van der Waals surface area contributed by atoms with Gasteiger partial charge < -0.3 is 5.32 Å². The van der Waals surface area contributed by atoms with E-state index < -0.39 is 0 Å². The fourth-order valence-electron chi connectivity index (χ4n) is 2.07. The summed E-state index contributed by atoms with van der Waals surface area (Å²) >= 11 is 0. The summed E-state index contributed by atoms with van der Waals surface area (Å²) < 4.78 is 0. The molecule has 1 aliphatic carbocycles. The smallest absolute Gasteiger partial charge is 0.000471 e. The Hall–Kier alpha value is -0.0400. The van der Waals surface area contributed by atoms with E-state index in [9.17, 15) is 0 Å². The van der Waals surface area contributed by atoms with Crippen LogP contribution in [0.4, 0.5) is 0 Å². The molecule has 0 aliphatic heterocycles. The van der Waals surface area contributed by atoms with Crippen molar-refractivity contribution in [1.82, 2.24) is 5.32 Å². The lowest BCUT2D eigenvalue weighted by Gasteiger charge is -2.28. The quantitative estimate of drug-likeness (QED) is 0.620. The number of rotatable bonds is 2.